The summed E-state index contributed by atoms with van der Waals surface area (Å²) in [7, 11) is 0. The first-order valence-corrected chi connectivity index (χ1v) is 5.90. The first-order chi connectivity index (χ1) is 7.19. The number of aliphatic carboxylic acids is 1. The van der Waals surface area contributed by atoms with Crippen LogP contribution in [0.15, 0.2) is 0 Å². The van der Waals surface area contributed by atoms with Crippen LogP contribution in [0.4, 0.5) is 0 Å². The molecule has 2 aliphatic rings. The van der Waals surface area contributed by atoms with Crippen molar-refractivity contribution in [3.05, 3.63) is 0 Å². The molecule has 3 unspecified atom stereocenters. The molecule has 0 aromatic rings. The van der Waals surface area contributed by atoms with E-state index in [9.17, 15) is 9.90 Å². The molecule has 2 saturated heterocycles. The Balaban J connectivity index is 2.14. The van der Waals surface area contributed by atoms with Gasteiger partial charge in [0.15, 0.2) is 0 Å². The summed E-state index contributed by atoms with van der Waals surface area (Å²) < 4.78 is 0. The van der Waals surface area contributed by atoms with Gasteiger partial charge in [-0.05, 0) is 32.4 Å². The highest BCUT2D eigenvalue weighted by molar-refractivity contribution is 5.79. The number of rotatable bonds is 4. The molecule has 15 heavy (non-hydrogen) atoms. The molecule has 4 nitrogen and oxygen atoms in total. The second-order valence-corrected chi connectivity index (χ2v) is 4.74. The van der Waals surface area contributed by atoms with Crippen LogP contribution in [0.5, 0.6) is 0 Å². The Hall–Kier alpha value is -0.610. The summed E-state index contributed by atoms with van der Waals surface area (Å²) >= 11 is 0. The highest BCUT2D eigenvalue weighted by Gasteiger charge is 2.50. The van der Waals surface area contributed by atoms with Crippen molar-refractivity contribution in [3.8, 4) is 0 Å². The molecule has 0 aromatic carbocycles. The fourth-order valence-corrected chi connectivity index (χ4v) is 2.91. The summed E-state index contributed by atoms with van der Waals surface area (Å²) in [6.07, 6.45) is 2.78. The van der Waals surface area contributed by atoms with Crippen LogP contribution in [0.3, 0.4) is 0 Å². The van der Waals surface area contributed by atoms with Crippen LogP contribution in [0, 0.1) is 5.92 Å². The number of carboxylic acid groups (broad SMARTS) is 1. The van der Waals surface area contributed by atoms with Crippen LogP contribution in [0.2, 0.25) is 0 Å². The zero-order valence-corrected chi connectivity index (χ0v) is 9.33. The fourth-order valence-electron chi connectivity index (χ4n) is 2.91. The molecule has 3 atom stereocenters. The van der Waals surface area contributed by atoms with Crippen LogP contribution in [-0.4, -0.2) is 47.7 Å². The van der Waals surface area contributed by atoms with Crippen LogP contribution < -0.4 is 5.32 Å². The van der Waals surface area contributed by atoms with Gasteiger partial charge in [0.1, 0.15) is 5.54 Å². The number of piperidine rings is 1. The Bertz CT molecular complexity index is 257. The lowest BCUT2D eigenvalue weighted by Gasteiger charge is -2.40. The SMILES string of the molecule is CCCNC1(C(=O)O)CCN2CCC1C2. The standard InChI is InChI=1S/C11H20N2O2/c1-2-5-12-11(10(14)15)4-7-13-6-3-9(11)8-13/h9,12H,2-8H2,1H3,(H,14,15). The molecule has 86 valence electrons. The van der Waals surface area contributed by atoms with Crippen molar-refractivity contribution in [3.63, 3.8) is 0 Å². The van der Waals surface area contributed by atoms with Crippen LogP contribution in [0.25, 0.3) is 0 Å². The van der Waals surface area contributed by atoms with Gasteiger partial charge < -0.3 is 15.3 Å². The van der Waals surface area contributed by atoms with Gasteiger partial charge in [0.2, 0.25) is 0 Å². The van der Waals surface area contributed by atoms with E-state index in [2.05, 4.69) is 17.1 Å². The van der Waals surface area contributed by atoms with Gasteiger partial charge in [-0.1, -0.05) is 6.92 Å². The van der Waals surface area contributed by atoms with Gasteiger partial charge in [-0.2, -0.15) is 0 Å². The lowest BCUT2D eigenvalue weighted by molar-refractivity contribution is -0.149. The largest absolute Gasteiger partial charge is 0.480 e. The van der Waals surface area contributed by atoms with E-state index in [4.69, 9.17) is 0 Å². The highest BCUT2D eigenvalue weighted by atomic mass is 16.4. The molecule has 4 heteroatoms. The summed E-state index contributed by atoms with van der Waals surface area (Å²) in [5.41, 5.74) is -0.636. The van der Waals surface area contributed by atoms with Gasteiger partial charge in [0, 0.05) is 19.0 Å². The van der Waals surface area contributed by atoms with Crippen LogP contribution in [-0.2, 0) is 4.79 Å². The fraction of sp³-hybridized carbons (Fsp3) is 0.909. The minimum atomic E-state index is -0.650. The van der Waals surface area contributed by atoms with Crippen molar-refractivity contribution in [1.29, 1.82) is 0 Å². The molecule has 2 N–H and O–H groups in total. The maximum absolute atomic E-state index is 11.5. The van der Waals surface area contributed by atoms with E-state index in [1.165, 1.54) is 0 Å². The summed E-state index contributed by atoms with van der Waals surface area (Å²) in [4.78, 5) is 13.9. The molecule has 2 rings (SSSR count). The molecule has 2 heterocycles. The highest BCUT2D eigenvalue weighted by Crippen LogP contribution is 2.35. The molecule has 2 fully saturated rings. The molecule has 2 bridgehead atoms. The zero-order valence-electron chi connectivity index (χ0n) is 9.33. The van der Waals surface area contributed by atoms with Crippen molar-refractivity contribution in [2.24, 2.45) is 5.92 Å². The van der Waals surface area contributed by atoms with E-state index in [0.717, 1.165) is 45.4 Å². The Morgan fingerprint density at radius 3 is 3.07 bits per heavy atom. The molecule has 0 aliphatic carbocycles. The van der Waals surface area contributed by atoms with Gasteiger partial charge in [-0.3, -0.25) is 4.79 Å². The van der Waals surface area contributed by atoms with Gasteiger partial charge >= 0.3 is 5.97 Å². The van der Waals surface area contributed by atoms with Crippen LogP contribution in [0.1, 0.15) is 26.2 Å². The predicted octanol–water partition coefficient (Wildman–Crippen LogP) is 0.535. The third-order valence-electron chi connectivity index (χ3n) is 3.86. The van der Waals surface area contributed by atoms with Crippen molar-refractivity contribution in [2.45, 2.75) is 31.7 Å². The molecule has 0 radical (unpaired) electrons. The average Bonchev–Trinajstić information content (AvgIpc) is 2.62. The van der Waals surface area contributed by atoms with Crippen molar-refractivity contribution in [1.82, 2.24) is 10.2 Å². The maximum Gasteiger partial charge on any atom is 0.324 e. The molecular weight excluding hydrogens is 192 g/mol. The van der Waals surface area contributed by atoms with Gasteiger partial charge in [-0.25, -0.2) is 0 Å². The molecular formula is C11H20N2O2. The first-order valence-electron chi connectivity index (χ1n) is 5.90. The van der Waals surface area contributed by atoms with Crippen LogP contribution >= 0.6 is 0 Å². The quantitative estimate of drug-likeness (QED) is 0.714. The van der Waals surface area contributed by atoms with Gasteiger partial charge in [0.25, 0.3) is 0 Å². The number of carbonyl (C=O) groups is 1. The normalized spacial score (nSPS) is 39.3. The number of fused-ring (bicyclic) bond motifs is 2. The number of nitrogens with one attached hydrogen (secondary N) is 1. The molecule has 0 aromatic heterocycles. The second-order valence-electron chi connectivity index (χ2n) is 4.74. The molecule has 0 spiro atoms. The topological polar surface area (TPSA) is 52.6 Å². The Morgan fingerprint density at radius 2 is 2.40 bits per heavy atom. The Labute approximate surface area is 90.6 Å². The smallest absolute Gasteiger partial charge is 0.324 e. The summed E-state index contributed by atoms with van der Waals surface area (Å²) in [5, 5.41) is 12.7. The lowest BCUT2D eigenvalue weighted by Crippen LogP contribution is -2.61. The summed E-state index contributed by atoms with van der Waals surface area (Å²) in [5.74, 6) is -0.349. The second kappa shape index (κ2) is 4.10. The minimum Gasteiger partial charge on any atom is -0.480 e. The van der Waals surface area contributed by atoms with E-state index in [1.54, 1.807) is 0 Å². The average molecular weight is 212 g/mol. The van der Waals surface area contributed by atoms with Crippen molar-refractivity contribution >= 4 is 5.97 Å². The Kier molecular flexibility index (Phi) is 2.98. The number of nitrogens with zero attached hydrogens (tertiary/aromatic N) is 1. The zero-order chi connectivity index (χ0) is 10.9. The van der Waals surface area contributed by atoms with Crippen molar-refractivity contribution < 1.29 is 9.90 Å². The number of hydrogen-bond acceptors (Lipinski definition) is 3. The predicted molar refractivity (Wildman–Crippen MR) is 57.8 cm³/mol. The molecule has 0 amide bonds. The molecule has 0 saturated carbocycles. The number of hydrogen-bond donors (Lipinski definition) is 2. The summed E-state index contributed by atoms with van der Waals surface area (Å²) in [6.45, 7) is 5.85. The minimum absolute atomic E-state index is 0.301. The summed E-state index contributed by atoms with van der Waals surface area (Å²) in [6, 6.07) is 0. The monoisotopic (exact) mass is 212 g/mol. The third-order valence-corrected chi connectivity index (χ3v) is 3.86. The molecule has 2 aliphatic heterocycles. The lowest BCUT2D eigenvalue weighted by atomic mass is 9.78. The van der Waals surface area contributed by atoms with E-state index < -0.39 is 11.5 Å². The van der Waals surface area contributed by atoms with E-state index >= 15 is 0 Å². The van der Waals surface area contributed by atoms with Gasteiger partial charge in [0.05, 0.1) is 0 Å². The number of carboxylic acids is 1. The van der Waals surface area contributed by atoms with Crippen molar-refractivity contribution in [2.75, 3.05) is 26.2 Å². The first kappa shape index (κ1) is 10.9. The third kappa shape index (κ3) is 1.76. The Morgan fingerprint density at radius 1 is 1.60 bits per heavy atom. The van der Waals surface area contributed by atoms with E-state index in [0.29, 0.717) is 5.92 Å². The maximum atomic E-state index is 11.5. The van der Waals surface area contributed by atoms with E-state index in [1.807, 2.05) is 0 Å². The van der Waals surface area contributed by atoms with E-state index in [-0.39, 0.29) is 0 Å². The van der Waals surface area contributed by atoms with Gasteiger partial charge in [-0.15, -0.1) is 0 Å².